The fourth-order valence-corrected chi connectivity index (χ4v) is 6.90. The van der Waals surface area contributed by atoms with Crippen LogP contribution in [0.1, 0.15) is 187 Å². The van der Waals surface area contributed by atoms with E-state index in [1.807, 2.05) is 0 Å². The van der Waals surface area contributed by atoms with Crippen molar-refractivity contribution in [2.24, 2.45) is 11.5 Å². The highest BCUT2D eigenvalue weighted by molar-refractivity contribution is 5.85. The highest BCUT2D eigenvalue weighted by Gasteiger charge is 2.56. The largest absolute Gasteiger partial charge is 0.394 e. The molecule has 50 heavy (non-hydrogen) atoms. The summed E-state index contributed by atoms with van der Waals surface area (Å²) in [6.07, 6.45) is 22.9. The Balaban J connectivity index is 0.0000240. The lowest BCUT2D eigenvalue weighted by molar-refractivity contribution is -0.309. The van der Waals surface area contributed by atoms with Crippen molar-refractivity contribution in [1.29, 1.82) is 0 Å². The summed E-state index contributed by atoms with van der Waals surface area (Å²) in [4.78, 5) is 27.5. The summed E-state index contributed by atoms with van der Waals surface area (Å²) in [5.41, 5.74) is 12.3. The number of aliphatic hydroxyl groups excluding tert-OH is 4. The number of unbranched alkanes of at least 4 members (excludes halogenated alkanes) is 23. The molecule has 1 heterocycles. The number of hydrogen-bond acceptors (Lipinski definition) is 9. The quantitative estimate of drug-likeness (QED) is 0.0320. The zero-order chi connectivity index (χ0) is 36.3. The van der Waals surface area contributed by atoms with Crippen LogP contribution in [0.15, 0.2) is 0 Å². The molecule has 0 aromatic heterocycles. The van der Waals surface area contributed by atoms with Crippen molar-refractivity contribution in [3.8, 4) is 0 Å². The molecule has 0 aliphatic carbocycles. The van der Waals surface area contributed by atoms with Gasteiger partial charge in [0.2, 0.25) is 11.8 Å². The standard InChI is InChI=1S/C39H77N3O7.ClH/c1-3-5-7-9-11-13-14-15-16-17-18-19-21-23-25-27-29-42(35(45)28-26-24-22-20-12-10-8-6-4-2)39(41)38(48)37(47)36(46)34(49-39)30-33(44)32(40)31-43;/h32,34,36-38,43,46-48H,3-31,40-41H2,1-2H3;1H/t32-,34+,36+,37-,38+,39-;/m0./s1. The lowest BCUT2D eigenvalue weighted by atomic mass is 9.90. The molecule has 1 fully saturated rings. The number of ketones is 1. The van der Waals surface area contributed by atoms with Crippen LogP contribution in [0.2, 0.25) is 0 Å². The van der Waals surface area contributed by atoms with Crippen LogP contribution >= 0.6 is 12.4 Å². The number of halogens is 1. The third-order valence-electron chi connectivity index (χ3n) is 10.3. The molecule has 1 aliphatic rings. The first-order chi connectivity index (χ1) is 23.6. The van der Waals surface area contributed by atoms with Gasteiger partial charge in [0.25, 0.3) is 0 Å². The van der Waals surface area contributed by atoms with E-state index in [0.717, 1.165) is 38.5 Å². The Bertz CT molecular complexity index is 842. The molecule has 0 aromatic rings. The number of amides is 1. The zero-order valence-electron chi connectivity index (χ0n) is 31.9. The van der Waals surface area contributed by atoms with Gasteiger partial charge in [-0.05, 0) is 12.8 Å². The average Bonchev–Trinajstić information content (AvgIpc) is 3.09. The lowest BCUT2D eigenvalue weighted by Gasteiger charge is -2.51. The van der Waals surface area contributed by atoms with E-state index < -0.39 is 55.1 Å². The molecular formula is C39H78ClN3O7. The number of aliphatic hydroxyl groups is 4. The van der Waals surface area contributed by atoms with Gasteiger partial charge >= 0.3 is 0 Å². The second kappa shape index (κ2) is 30.6. The van der Waals surface area contributed by atoms with Crippen LogP contribution in [-0.2, 0) is 14.3 Å². The van der Waals surface area contributed by atoms with E-state index >= 15 is 0 Å². The van der Waals surface area contributed by atoms with Gasteiger partial charge in [0.05, 0.1) is 18.8 Å². The van der Waals surface area contributed by atoms with Crippen molar-refractivity contribution >= 4 is 24.1 Å². The Morgan fingerprint density at radius 1 is 0.660 bits per heavy atom. The molecule has 1 saturated heterocycles. The number of nitrogens with zero attached hydrogens (tertiary/aromatic N) is 1. The van der Waals surface area contributed by atoms with Crippen molar-refractivity contribution in [3.05, 3.63) is 0 Å². The number of carbonyl (C=O) groups excluding carboxylic acids is 2. The summed E-state index contributed by atoms with van der Waals surface area (Å²) >= 11 is 0. The van der Waals surface area contributed by atoms with Gasteiger partial charge < -0.3 is 30.9 Å². The second-order valence-corrected chi connectivity index (χ2v) is 14.7. The molecular weight excluding hydrogens is 658 g/mol. The lowest BCUT2D eigenvalue weighted by Crippen LogP contribution is -2.76. The zero-order valence-corrected chi connectivity index (χ0v) is 32.7. The fraction of sp³-hybridized carbons (Fsp3) is 0.949. The summed E-state index contributed by atoms with van der Waals surface area (Å²) in [6.45, 7) is 4.11. The topological polar surface area (TPSA) is 180 Å². The fourth-order valence-electron chi connectivity index (χ4n) is 6.90. The van der Waals surface area contributed by atoms with Gasteiger partial charge in [-0.25, -0.2) is 0 Å². The van der Waals surface area contributed by atoms with Gasteiger partial charge in [0, 0.05) is 19.4 Å². The smallest absolute Gasteiger partial charge is 0.227 e. The maximum absolute atomic E-state index is 13.7. The summed E-state index contributed by atoms with van der Waals surface area (Å²) in [7, 11) is 0. The van der Waals surface area contributed by atoms with E-state index in [0.29, 0.717) is 12.8 Å². The van der Waals surface area contributed by atoms with E-state index in [1.165, 1.54) is 114 Å². The van der Waals surface area contributed by atoms with Gasteiger partial charge in [0.1, 0.15) is 18.3 Å². The maximum atomic E-state index is 13.7. The molecule has 0 saturated carbocycles. The SMILES string of the molecule is CCCCCCCCCCCCCCCCCCN(C(=O)CCCCCCCCCCC)[C@]1(N)O[C@H](CC(=O)[C@@H](N)CO)[C@@H](O)[C@H](O)[C@H]1O.Cl. The minimum atomic E-state index is -2.13. The maximum Gasteiger partial charge on any atom is 0.227 e. The van der Waals surface area contributed by atoms with Crippen LogP contribution in [0.5, 0.6) is 0 Å². The molecule has 1 aliphatic heterocycles. The molecule has 11 heteroatoms. The number of ether oxygens (including phenoxy) is 1. The average molecular weight is 737 g/mol. The molecule has 0 radical (unpaired) electrons. The van der Waals surface area contributed by atoms with Crippen LogP contribution in [0.4, 0.5) is 0 Å². The van der Waals surface area contributed by atoms with Gasteiger partial charge in [-0.3, -0.25) is 20.2 Å². The van der Waals surface area contributed by atoms with E-state index in [-0.39, 0.29) is 31.3 Å². The first-order valence-electron chi connectivity index (χ1n) is 20.3. The minimum absolute atomic E-state index is 0. The summed E-state index contributed by atoms with van der Waals surface area (Å²) in [6, 6.07) is -1.18. The summed E-state index contributed by atoms with van der Waals surface area (Å²) in [5, 5.41) is 41.7. The van der Waals surface area contributed by atoms with Gasteiger partial charge in [-0.2, -0.15) is 0 Å². The van der Waals surface area contributed by atoms with Gasteiger partial charge in [-0.15, -0.1) is 12.4 Å². The first-order valence-corrected chi connectivity index (χ1v) is 20.3. The van der Waals surface area contributed by atoms with Crippen molar-refractivity contribution in [1.82, 2.24) is 4.90 Å². The van der Waals surface area contributed by atoms with Crippen LogP contribution in [0.25, 0.3) is 0 Å². The van der Waals surface area contributed by atoms with E-state index in [9.17, 15) is 30.0 Å². The molecule has 0 bridgehead atoms. The second-order valence-electron chi connectivity index (χ2n) is 14.7. The number of Topliss-reactive ketones (excluding diaryl/α,β-unsaturated/α-hetero) is 1. The van der Waals surface area contributed by atoms with E-state index in [1.54, 1.807) is 0 Å². The molecule has 10 nitrogen and oxygen atoms in total. The minimum Gasteiger partial charge on any atom is -0.394 e. The monoisotopic (exact) mass is 736 g/mol. The molecule has 1 amide bonds. The Morgan fingerprint density at radius 2 is 1.04 bits per heavy atom. The molecule has 298 valence electrons. The van der Waals surface area contributed by atoms with Crippen molar-refractivity contribution in [2.45, 2.75) is 224 Å². The Kier molecular flexibility index (Phi) is 30.1. The first kappa shape index (κ1) is 49.1. The molecule has 0 spiro atoms. The number of carbonyl (C=O) groups is 2. The number of hydrogen-bond donors (Lipinski definition) is 6. The molecule has 6 atom stereocenters. The Morgan fingerprint density at radius 3 is 1.44 bits per heavy atom. The third-order valence-corrected chi connectivity index (χ3v) is 10.3. The summed E-state index contributed by atoms with van der Waals surface area (Å²) < 4.78 is 5.95. The molecule has 0 unspecified atom stereocenters. The molecule has 0 aromatic carbocycles. The molecule has 8 N–H and O–H groups in total. The Hall–Kier alpha value is -0.850. The van der Waals surface area contributed by atoms with E-state index in [4.69, 9.17) is 16.2 Å². The highest BCUT2D eigenvalue weighted by Crippen LogP contribution is 2.32. The summed E-state index contributed by atoms with van der Waals surface area (Å²) in [5.74, 6) is -2.99. The number of nitrogens with two attached hydrogens (primary N) is 2. The highest BCUT2D eigenvalue weighted by atomic mass is 35.5. The van der Waals surface area contributed by atoms with Crippen LogP contribution in [0, 0.1) is 0 Å². The van der Waals surface area contributed by atoms with E-state index in [2.05, 4.69) is 13.8 Å². The van der Waals surface area contributed by atoms with Crippen molar-refractivity contribution in [2.75, 3.05) is 13.2 Å². The van der Waals surface area contributed by atoms with Gasteiger partial charge in [-0.1, -0.05) is 162 Å². The number of rotatable bonds is 32. The predicted octanol–water partition coefficient (Wildman–Crippen LogP) is 6.79. The van der Waals surface area contributed by atoms with Crippen molar-refractivity contribution in [3.63, 3.8) is 0 Å². The predicted molar refractivity (Wildman–Crippen MR) is 205 cm³/mol. The normalized spacial score (nSPS) is 22.6. The Labute approximate surface area is 311 Å². The third kappa shape index (κ3) is 19.8. The van der Waals surface area contributed by atoms with Gasteiger partial charge in [0.15, 0.2) is 5.78 Å². The molecule has 1 rings (SSSR count). The van der Waals surface area contributed by atoms with Crippen LogP contribution < -0.4 is 11.5 Å². The van der Waals surface area contributed by atoms with Crippen LogP contribution in [-0.4, -0.2) is 86.5 Å². The van der Waals surface area contributed by atoms with Crippen molar-refractivity contribution < 1.29 is 34.8 Å². The van der Waals surface area contributed by atoms with Crippen LogP contribution in [0.3, 0.4) is 0 Å².